The van der Waals surface area contributed by atoms with Gasteiger partial charge >= 0.3 is 0 Å². The Kier molecular flexibility index (Phi) is 4.71. The molecule has 7 nitrogen and oxygen atoms in total. The molecule has 148 valence electrons. The summed E-state index contributed by atoms with van der Waals surface area (Å²) in [7, 11) is 2.03. The van der Waals surface area contributed by atoms with E-state index in [0.29, 0.717) is 23.4 Å². The van der Waals surface area contributed by atoms with Gasteiger partial charge < -0.3 is 20.9 Å². The molecule has 1 fully saturated rings. The molecule has 0 atom stereocenters. The monoisotopic (exact) mass is 380 g/mol. The van der Waals surface area contributed by atoms with Crippen LogP contribution in [0.1, 0.15) is 49.5 Å². The minimum absolute atomic E-state index is 0.00343. The highest BCUT2D eigenvalue weighted by molar-refractivity contribution is 6.11. The maximum Gasteiger partial charge on any atom is 0.261 e. The van der Waals surface area contributed by atoms with Crippen molar-refractivity contribution in [3.63, 3.8) is 0 Å². The lowest BCUT2D eigenvalue weighted by Gasteiger charge is -2.31. The van der Waals surface area contributed by atoms with Crippen LogP contribution in [0.25, 0.3) is 0 Å². The van der Waals surface area contributed by atoms with Gasteiger partial charge in [0.25, 0.3) is 5.91 Å². The highest BCUT2D eigenvalue weighted by atomic mass is 16.1. The smallest absolute Gasteiger partial charge is 0.261 e. The average molecular weight is 380 g/mol. The van der Waals surface area contributed by atoms with Crippen LogP contribution in [0.3, 0.4) is 0 Å². The van der Waals surface area contributed by atoms with E-state index in [4.69, 9.17) is 4.98 Å². The van der Waals surface area contributed by atoms with Gasteiger partial charge in [-0.2, -0.15) is 4.98 Å². The Hall–Kier alpha value is -2.67. The Labute approximate surface area is 166 Å². The van der Waals surface area contributed by atoms with Crippen molar-refractivity contribution < 1.29 is 4.79 Å². The van der Waals surface area contributed by atoms with Gasteiger partial charge in [-0.1, -0.05) is 26.8 Å². The van der Waals surface area contributed by atoms with E-state index in [1.165, 1.54) is 0 Å². The number of hydrogen-bond acceptors (Lipinski definition) is 6. The molecule has 1 aromatic carbocycles. The fourth-order valence-electron chi connectivity index (χ4n) is 3.70. The number of fused-ring (bicyclic) bond motifs is 2. The fraction of sp³-hybridized carbons (Fsp3) is 0.476. The molecule has 0 unspecified atom stereocenters. The van der Waals surface area contributed by atoms with Gasteiger partial charge in [-0.25, -0.2) is 4.98 Å². The van der Waals surface area contributed by atoms with Crippen LogP contribution in [0.2, 0.25) is 0 Å². The van der Waals surface area contributed by atoms with E-state index in [1.807, 2.05) is 19.2 Å². The van der Waals surface area contributed by atoms with Gasteiger partial charge in [0, 0.05) is 19.3 Å². The number of anilines is 4. The predicted octanol–water partition coefficient (Wildman–Crippen LogP) is 3.27. The third-order valence-electron chi connectivity index (χ3n) is 5.58. The number of benzene rings is 1. The Morgan fingerprint density at radius 3 is 2.57 bits per heavy atom. The van der Waals surface area contributed by atoms with Gasteiger partial charge in [0.05, 0.1) is 11.4 Å². The van der Waals surface area contributed by atoms with Crippen LogP contribution >= 0.6 is 0 Å². The van der Waals surface area contributed by atoms with Gasteiger partial charge in [-0.05, 0) is 49.0 Å². The second-order valence-corrected chi connectivity index (χ2v) is 8.61. The molecule has 28 heavy (non-hydrogen) atoms. The zero-order valence-corrected chi connectivity index (χ0v) is 17.0. The van der Waals surface area contributed by atoms with E-state index in [9.17, 15) is 4.79 Å². The third-order valence-corrected chi connectivity index (χ3v) is 5.58. The van der Waals surface area contributed by atoms with Crippen molar-refractivity contribution in [2.24, 2.45) is 0 Å². The summed E-state index contributed by atoms with van der Waals surface area (Å²) >= 11 is 0. The number of nitrogens with one attached hydrogen (secondary N) is 3. The number of aromatic nitrogens is 2. The SMILES string of the molecule is CN(c1ncc2c(n1)Nc1ccc(C(C)(C)C)cc1NC2=O)C1CCNCC1. The van der Waals surface area contributed by atoms with Crippen molar-refractivity contribution >= 4 is 29.0 Å². The minimum Gasteiger partial charge on any atom is -0.341 e. The van der Waals surface area contributed by atoms with E-state index in [-0.39, 0.29) is 11.3 Å². The Balaban J connectivity index is 1.66. The zero-order valence-electron chi connectivity index (χ0n) is 17.0. The summed E-state index contributed by atoms with van der Waals surface area (Å²) in [6.45, 7) is 8.48. The van der Waals surface area contributed by atoms with E-state index in [0.717, 1.165) is 42.9 Å². The zero-order chi connectivity index (χ0) is 19.9. The number of carbonyl (C=O) groups is 1. The molecule has 3 heterocycles. The van der Waals surface area contributed by atoms with Gasteiger partial charge in [0.2, 0.25) is 5.95 Å². The highest BCUT2D eigenvalue weighted by Crippen LogP contribution is 2.35. The van der Waals surface area contributed by atoms with Crippen molar-refractivity contribution in [2.75, 3.05) is 35.7 Å². The van der Waals surface area contributed by atoms with Crippen LogP contribution in [0.5, 0.6) is 0 Å². The van der Waals surface area contributed by atoms with Crippen LogP contribution in [0.15, 0.2) is 24.4 Å². The first-order chi connectivity index (χ1) is 13.3. The van der Waals surface area contributed by atoms with Crippen LogP contribution in [-0.2, 0) is 5.41 Å². The van der Waals surface area contributed by atoms with Crippen molar-refractivity contribution in [1.29, 1.82) is 0 Å². The van der Waals surface area contributed by atoms with Crippen LogP contribution in [-0.4, -0.2) is 42.1 Å². The molecule has 0 aliphatic carbocycles. The molecular formula is C21H28N6O. The van der Waals surface area contributed by atoms with E-state index in [2.05, 4.69) is 52.7 Å². The lowest BCUT2D eigenvalue weighted by Crippen LogP contribution is -2.42. The normalized spacial score (nSPS) is 17.1. The maximum absolute atomic E-state index is 12.8. The first kappa shape index (κ1) is 18.7. The molecule has 2 aliphatic rings. The second-order valence-electron chi connectivity index (χ2n) is 8.61. The molecule has 2 aliphatic heterocycles. The van der Waals surface area contributed by atoms with Gasteiger partial charge in [0.1, 0.15) is 11.4 Å². The Morgan fingerprint density at radius 2 is 1.86 bits per heavy atom. The van der Waals surface area contributed by atoms with Gasteiger partial charge in [-0.15, -0.1) is 0 Å². The van der Waals surface area contributed by atoms with Crippen molar-refractivity contribution in [1.82, 2.24) is 15.3 Å². The quantitative estimate of drug-likeness (QED) is 0.742. The van der Waals surface area contributed by atoms with Crippen molar-refractivity contribution in [3.8, 4) is 0 Å². The molecule has 3 N–H and O–H groups in total. The molecule has 1 amide bonds. The molecule has 0 radical (unpaired) electrons. The van der Waals surface area contributed by atoms with Gasteiger partial charge in [0.15, 0.2) is 0 Å². The largest absolute Gasteiger partial charge is 0.341 e. The highest BCUT2D eigenvalue weighted by Gasteiger charge is 2.25. The molecule has 1 saturated heterocycles. The fourth-order valence-corrected chi connectivity index (χ4v) is 3.70. The predicted molar refractivity (Wildman–Crippen MR) is 113 cm³/mol. The molecule has 0 saturated carbocycles. The molecule has 1 aromatic heterocycles. The summed E-state index contributed by atoms with van der Waals surface area (Å²) in [5.74, 6) is 0.995. The van der Waals surface area contributed by atoms with Gasteiger partial charge in [-0.3, -0.25) is 4.79 Å². The first-order valence-corrected chi connectivity index (χ1v) is 9.86. The van der Waals surface area contributed by atoms with Crippen LogP contribution < -0.4 is 20.9 Å². The molecule has 7 heteroatoms. The lowest BCUT2D eigenvalue weighted by molar-refractivity contribution is 0.102. The summed E-state index contributed by atoms with van der Waals surface area (Å²) in [5, 5.41) is 9.71. The van der Waals surface area contributed by atoms with E-state index >= 15 is 0 Å². The lowest BCUT2D eigenvalue weighted by atomic mass is 9.86. The summed E-state index contributed by atoms with van der Waals surface area (Å²) in [5.41, 5.74) is 3.23. The number of carbonyl (C=O) groups excluding carboxylic acids is 1. The summed E-state index contributed by atoms with van der Waals surface area (Å²) < 4.78 is 0. The molecule has 2 aromatic rings. The average Bonchev–Trinajstić information content (AvgIpc) is 2.82. The second kappa shape index (κ2) is 7.05. The molecule has 4 rings (SSSR count). The molecule has 0 spiro atoms. The number of piperidine rings is 1. The number of rotatable bonds is 2. The van der Waals surface area contributed by atoms with E-state index in [1.54, 1.807) is 6.20 Å². The first-order valence-electron chi connectivity index (χ1n) is 9.86. The molecule has 0 bridgehead atoms. The third kappa shape index (κ3) is 3.54. The van der Waals surface area contributed by atoms with E-state index < -0.39 is 0 Å². The number of hydrogen-bond donors (Lipinski definition) is 3. The number of nitrogens with zero attached hydrogens (tertiary/aromatic N) is 3. The summed E-state index contributed by atoms with van der Waals surface area (Å²) in [6.07, 6.45) is 3.74. The Morgan fingerprint density at radius 1 is 1.11 bits per heavy atom. The molecular weight excluding hydrogens is 352 g/mol. The Bertz CT molecular complexity index is 898. The maximum atomic E-state index is 12.8. The number of amides is 1. The van der Waals surface area contributed by atoms with Crippen LogP contribution in [0, 0.1) is 0 Å². The van der Waals surface area contributed by atoms with Crippen LogP contribution in [0.4, 0.5) is 23.1 Å². The van der Waals surface area contributed by atoms with Crippen molar-refractivity contribution in [2.45, 2.75) is 45.1 Å². The summed E-state index contributed by atoms with van der Waals surface area (Å²) in [4.78, 5) is 24.0. The topological polar surface area (TPSA) is 82.2 Å². The minimum atomic E-state index is -0.191. The van der Waals surface area contributed by atoms with Crippen molar-refractivity contribution in [3.05, 3.63) is 35.5 Å². The summed E-state index contributed by atoms with van der Waals surface area (Å²) in [6, 6.07) is 6.53. The standard InChI is InChI=1S/C21H28N6O/c1-21(2,3)13-5-6-16-17(11-13)25-19(28)15-12-23-20(26-18(15)24-16)27(4)14-7-9-22-10-8-14/h5-6,11-12,14,22H,7-10H2,1-4H3,(H,25,28)(H,23,24,26).